The lowest BCUT2D eigenvalue weighted by Crippen LogP contribution is -2.22. The molecule has 2 atom stereocenters. The number of hydrogen-bond acceptors (Lipinski definition) is 3. The zero-order valence-electron chi connectivity index (χ0n) is 12.1. The number of hydrogen-bond donors (Lipinski definition) is 0. The van der Waals surface area contributed by atoms with Crippen molar-refractivity contribution in [1.29, 1.82) is 0 Å². The number of rotatable bonds is 5. The van der Waals surface area contributed by atoms with E-state index in [4.69, 9.17) is 9.47 Å². The molecule has 2 aromatic rings. The van der Waals surface area contributed by atoms with Gasteiger partial charge in [0.25, 0.3) is 0 Å². The van der Waals surface area contributed by atoms with E-state index < -0.39 is 6.10 Å². The molecule has 2 aromatic carbocycles. The molecule has 20 heavy (non-hydrogen) atoms. The van der Waals surface area contributed by atoms with Crippen molar-refractivity contribution in [3.8, 4) is 0 Å². The first-order valence-electron chi connectivity index (χ1n) is 6.87. The van der Waals surface area contributed by atoms with Gasteiger partial charge in [0.05, 0.1) is 6.10 Å². The van der Waals surface area contributed by atoms with Crippen molar-refractivity contribution in [3.05, 3.63) is 48.0 Å². The molecule has 0 unspecified atom stereocenters. The molecule has 0 heterocycles. The number of carbonyl (C=O) groups is 1. The van der Waals surface area contributed by atoms with Crippen molar-refractivity contribution < 1.29 is 14.3 Å². The van der Waals surface area contributed by atoms with Crippen LogP contribution in [0.15, 0.2) is 42.5 Å². The lowest BCUT2D eigenvalue weighted by Gasteiger charge is -2.18. The van der Waals surface area contributed by atoms with Crippen molar-refractivity contribution in [2.24, 2.45) is 0 Å². The van der Waals surface area contributed by atoms with Crippen LogP contribution >= 0.6 is 0 Å². The Kier molecular flexibility index (Phi) is 4.74. The molecule has 0 saturated carbocycles. The van der Waals surface area contributed by atoms with E-state index in [1.54, 1.807) is 0 Å². The fourth-order valence-electron chi connectivity index (χ4n) is 2.08. The van der Waals surface area contributed by atoms with Gasteiger partial charge in [-0.25, -0.2) is 4.79 Å². The normalized spacial score (nSPS) is 13.9. The highest BCUT2D eigenvalue weighted by Crippen LogP contribution is 2.24. The van der Waals surface area contributed by atoms with Crippen LogP contribution in [0.5, 0.6) is 0 Å². The Bertz CT molecular complexity index is 592. The van der Waals surface area contributed by atoms with Crippen molar-refractivity contribution >= 4 is 16.7 Å². The highest BCUT2D eigenvalue weighted by molar-refractivity contribution is 5.85. The Labute approximate surface area is 119 Å². The van der Waals surface area contributed by atoms with Crippen LogP contribution in [0.1, 0.15) is 31.9 Å². The molecule has 2 rings (SSSR count). The molecule has 0 radical (unpaired) electrons. The maximum atomic E-state index is 12.1. The number of methoxy groups -OCH3 is 1. The third kappa shape index (κ3) is 3.17. The number of esters is 1. The van der Waals surface area contributed by atoms with Crippen LogP contribution in [0, 0.1) is 0 Å². The molecule has 3 heteroatoms. The molecule has 0 aromatic heterocycles. The molecule has 3 nitrogen and oxygen atoms in total. The largest absolute Gasteiger partial charge is 0.461 e. The van der Waals surface area contributed by atoms with Gasteiger partial charge in [0.2, 0.25) is 0 Å². The molecule has 0 fully saturated rings. The first-order chi connectivity index (χ1) is 9.65. The summed E-state index contributed by atoms with van der Waals surface area (Å²) in [5.41, 5.74) is 0.819. The van der Waals surface area contributed by atoms with Gasteiger partial charge in [-0.3, -0.25) is 0 Å². The third-order valence-corrected chi connectivity index (χ3v) is 3.42. The quantitative estimate of drug-likeness (QED) is 0.775. The zero-order chi connectivity index (χ0) is 14.5. The summed E-state index contributed by atoms with van der Waals surface area (Å²) < 4.78 is 10.7. The van der Waals surface area contributed by atoms with Gasteiger partial charge < -0.3 is 9.47 Å². The maximum Gasteiger partial charge on any atom is 0.340 e. The summed E-state index contributed by atoms with van der Waals surface area (Å²) in [6, 6.07) is 13.9. The summed E-state index contributed by atoms with van der Waals surface area (Å²) in [6.07, 6.45) is 0.0223. The van der Waals surface area contributed by atoms with Crippen molar-refractivity contribution in [1.82, 2.24) is 0 Å². The van der Waals surface area contributed by atoms with Gasteiger partial charge in [-0.05, 0) is 35.7 Å². The van der Waals surface area contributed by atoms with Gasteiger partial charge in [0, 0.05) is 7.11 Å². The average Bonchev–Trinajstić information content (AvgIpc) is 2.47. The molecule has 0 aliphatic carbocycles. The van der Waals surface area contributed by atoms with Crippen LogP contribution < -0.4 is 0 Å². The third-order valence-electron chi connectivity index (χ3n) is 3.42. The van der Waals surface area contributed by atoms with E-state index in [2.05, 4.69) is 0 Å². The summed E-state index contributed by atoms with van der Waals surface area (Å²) in [7, 11) is 1.53. The summed E-state index contributed by atoms with van der Waals surface area (Å²) in [6.45, 7) is 3.86. The van der Waals surface area contributed by atoms with E-state index in [1.807, 2.05) is 56.3 Å². The highest BCUT2D eigenvalue weighted by atomic mass is 16.6. The Morgan fingerprint density at radius 1 is 1.15 bits per heavy atom. The van der Waals surface area contributed by atoms with E-state index >= 15 is 0 Å². The number of fused-ring (bicyclic) bond motifs is 1. The van der Waals surface area contributed by atoms with Gasteiger partial charge in [0.1, 0.15) is 0 Å². The summed E-state index contributed by atoms with van der Waals surface area (Å²) in [5, 5.41) is 2.23. The second kappa shape index (κ2) is 6.53. The topological polar surface area (TPSA) is 35.5 Å². The molecule has 0 aliphatic rings. The van der Waals surface area contributed by atoms with Crippen LogP contribution in [0.25, 0.3) is 10.8 Å². The predicted molar refractivity (Wildman–Crippen MR) is 79.5 cm³/mol. The molecule has 0 saturated heterocycles. The Balaban J connectivity index is 2.27. The minimum Gasteiger partial charge on any atom is -0.461 e. The standard InChI is InChI=1S/C17H20O3/c1-4-12(2)20-17(18)16(19-3)15-10-9-13-7-5-6-8-14(13)11-15/h5-12,16H,4H2,1-3H3/t12-,16-/m1/s1. The van der Waals surface area contributed by atoms with E-state index in [1.165, 1.54) is 7.11 Å². The molecular weight excluding hydrogens is 252 g/mol. The van der Waals surface area contributed by atoms with Gasteiger partial charge in [-0.2, -0.15) is 0 Å². The van der Waals surface area contributed by atoms with E-state index in [9.17, 15) is 4.79 Å². The zero-order valence-corrected chi connectivity index (χ0v) is 12.1. The Morgan fingerprint density at radius 3 is 2.50 bits per heavy atom. The molecular formula is C17H20O3. The van der Waals surface area contributed by atoms with Gasteiger partial charge in [-0.1, -0.05) is 43.3 Å². The number of ether oxygens (including phenoxy) is 2. The lowest BCUT2D eigenvalue weighted by atomic mass is 10.0. The minimum absolute atomic E-state index is 0.0967. The smallest absolute Gasteiger partial charge is 0.340 e. The van der Waals surface area contributed by atoms with Crippen LogP contribution in [-0.2, 0) is 14.3 Å². The summed E-state index contributed by atoms with van der Waals surface area (Å²) in [4.78, 5) is 12.1. The molecule has 0 N–H and O–H groups in total. The Hall–Kier alpha value is -1.87. The van der Waals surface area contributed by atoms with E-state index in [0.29, 0.717) is 0 Å². The predicted octanol–water partition coefficient (Wildman–Crippen LogP) is 3.87. The van der Waals surface area contributed by atoms with E-state index in [-0.39, 0.29) is 12.1 Å². The Morgan fingerprint density at radius 2 is 1.85 bits per heavy atom. The van der Waals surface area contributed by atoms with Crippen LogP contribution in [0.4, 0.5) is 0 Å². The van der Waals surface area contributed by atoms with Crippen LogP contribution in [0.2, 0.25) is 0 Å². The van der Waals surface area contributed by atoms with Crippen molar-refractivity contribution in [2.45, 2.75) is 32.5 Å². The SMILES string of the molecule is CC[C@@H](C)OC(=O)[C@H](OC)c1ccc2ccccc2c1. The van der Waals surface area contributed by atoms with Crippen molar-refractivity contribution in [3.63, 3.8) is 0 Å². The number of carbonyl (C=O) groups excluding carboxylic acids is 1. The lowest BCUT2D eigenvalue weighted by molar-refractivity contribution is -0.160. The van der Waals surface area contributed by atoms with Crippen LogP contribution in [0.3, 0.4) is 0 Å². The van der Waals surface area contributed by atoms with Gasteiger partial charge in [0.15, 0.2) is 6.10 Å². The molecule has 0 bridgehead atoms. The minimum atomic E-state index is -0.673. The monoisotopic (exact) mass is 272 g/mol. The highest BCUT2D eigenvalue weighted by Gasteiger charge is 2.23. The first kappa shape index (κ1) is 14.5. The van der Waals surface area contributed by atoms with Crippen LogP contribution in [-0.4, -0.2) is 19.2 Å². The molecule has 0 spiro atoms. The summed E-state index contributed by atoms with van der Waals surface area (Å²) in [5.74, 6) is -0.336. The average molecular weight is 272 g/mol. The fraction of sp³-hybridized carbons (Fsp3) is 0.353. The molecule has 0 amide bonds. The van der Waals surface area contributed by atoms with E-state index in [0.717, 1.165) is 22.8 Å². The van der Waals surface area contributed by atoms with Crippen molar-refractivity contribution in [2.75, 3.05) is 7.11 Å². The molecule has 106 valence electrons. The second-order valence-electron chi connectivity index (χ2n) is 4.88. The first-order valence-corrected chi connectivity index (χ1v) is 6.87. The maximum absolute atomic E-state index is 12.1. The van der Waals surface area contributed by atoms with Gasteiger partial charge in [-0.15, -0.1) is 0 Å². The molecule has 0 aliphatic heterocycles. The second-order valence-corrected chi connectivity index (χ2v) is 4.88. The summed E-state index contributed by atoms with van der Waals surface area (Å²) >= 11 is 0. The fourth-order valence-corrected chi connectivity index (χ4v) is 2.08. The van der Waals surface area contributed by atoms with Gasteiger partial charge >= 0.3 is 5.97 Å². The number of benzene rings is 2.